The molecular weight excluding hydrogens is 505 g/mol. The van der Waals surface area contributed by atoms with E-state index in [0.29, 0.717) is 35.4 Å². The lowest BCUT2D eigenvalue weighted by Gasteiger charge is -2.34. The van der Waals surface area contributed by atoms with Crippen LogP contribution in [0.15, 0.2) is 46.6 Å². The molecule has 0 radical (unpaired) electrons. The van der Waals surface area contributed by atoms with Gasteiger partial charge in [-0.2, -0.15) is 18.3 Å². The third-order valence-corrected chi connectivity index (χ3v) is 7.87. The summed E-state index contributed by atoms with van der Waals surface area (Å²) < 4.78 is 43.4. The van der Waals surface area contributed by atoms with Crippen molar-refractivity contribution in [2.24, 2.45) is 16.9 Å². The number of alkyl halides is 3. The first-order chi connectivity index (χ1) is 18.6. The van der Waals surface area contributed by atoms with Crippen molar-refractivity contribution in [1.82, 2.24) is 19.6 Å². The summed E-state index contributed by atoms with van der Waals surface area (Å²) in [5, 5.41) is 7.00. The number of benzene rings is 1. The molecule has 1 saturated heterocycles. The predicted molar refractivity (Wildman–Crippen MR) is 148 cm³/mol. The minimum atomic E-state index is -4.63. The third-order valence-electron chi connectivity index (χ3n) is 7.87. The van der Waals surface area contributed by atoms with Crippen LogP contribution in [0, 0.1) is 11.8 Å². The van der Waals surface area contributed by atoms with Crippen molar-refractivity contribution in [3.05, 3.63) is 63.7 Å². The van der Waals surface area contributed by atoms with Crippen LogP contribution < -0.4 is 16.3 Å². The number of piperidine rings is 1. The van der Waals surface area contributed by atoms with Gasteiger partial charge in [-0.25, -0.2) is 4.98 Å². The fourth-order valence-corrected chi connectivity index (χ4v) is 5.92. The minimum Gasteiger partial charge on any atom is -0.378 e. The average molecular weight is 541 g/mol. The van der Waals surface area contributed by atoms with Crippen LogP contribution >= 0.6 is 0 Å². The van der Waals surface area contributed by atoms with E-state index in [9.17, 15) is 18.0 Å². The first kappa shape index (κ1) is 27.2. The molecular formula is C29H35F3N6O. The van der Waals surface area contributed by atoms with Crippen LogP contribution in [0.3, 0.4) is 0 Å². The summed E-state index contributed by atoms with van der Waals surface area (Å²) in [5.41, 5.74) is 4.50. The zero-order valence-electron chi connectivity index (χ0n) is 22.6. The average Bonchev–Trinajstić information content (AvgIpc) is 2.87. The summed E-state index contributed by atoms with van der Waals surface area (Å²) in [7, 11) is 1.76. The van der Waals surface area contributed by atoms with E-state index in [-0.39, 0.29) is 11.2 Å². The Labute approximate surface area is 226 Å². The lowest BCUT2D eigenvalue weighted by Crippen LogP contribution is -2.34. The topological polar surface area (TPSA) is 74.0 Å². The molecule has 39 heavy (non-hydrogen) atoms. The number of fused-ring (bicyclic) bond motifs is 1. The molecule has 0 spiro atoms. The summed E-state index contributed by atoms with van der Waals surface area (Å²) in [6.07, 6.45) is 3.89. The third kappa shape index (κ3) is 5.80. The number of hydrogen-bond donors (Lipinski definition) is 2. The van der Waals surface area contributed by atoms with Crippen LogP contribution in [0.25, 0.3) is 16.8 Å². The molecule has 2 N–H and O–H groups in total. The largest absolute Gasteiger partial charge is 0.419 e. The Balaban J connectivity index is 1.58. The molecule has 2 aliphatic rings. The summed E-state index contributed by atoms with van der Waals surface area (Å²) in [6.45, 7) is 6.37. The van der Waals surface area contributed by atoms with E-state index in [0.717, 1.165) is 60.5 Å². The molecule has 1 aliphatic carbocycles. The highest BCUT2D eigenvalue weighted by molar-refractivity contribution is 5.70. The molecule has 208 valence electrons. The van der Waals surface area contributed by atoms with Gasteiger partial charge < -0.3 is 5.32 Å². The highest BCUT2D eigenvalue weighted by Gasteiger charge is 2.35. The maximum atomic E-state index is 14.1. The highest BCUT2D eigenvalue weighted by atomic mass is 19.4. The molecule has 1 aromatic carbocycles. The van der Waals surface area contributed by atoms with E-state index in [1.807, 2.05) is 12.1 Å². The van der Waals surface area contributed by atoms with Gasteiger partial charge in [-0.05, 0) is 84.9 Å². The highest BCUT2D eigenvalue weighted by Crippen LogP contribution is 2.45. The van der Waals surface area contributed by atoms with Crippen LogP contribution in [0.5, 0.6) is 0 Å². The zero-order valence-corrected chi connectivity index (χ0v) is 22.6. The van der Waals surface area contributed by atoms with Gasteiger partial charge in [0.25, 0.3) is 5.56 Å². The number of halogens is 3. The second-order valence-corrected chi connectivity index (χ2v) is 11.1. The Morgan fingerprint density at radius 2 is 1.97 bits per heavy atom. The standard InChI is InChI=1S/C29H35F3N6O/c1-18-5-4-8-37(14-18)15-20-11-25(29(30,31)32)27-34-13-24(28(39)38(27)16-20)21-6-7-26(36-35-17-33-3)23(12-21)22-9-19(2)10-22/h6-7,11-13,16-19,22,36H,4-5,8-10,14-15H2,1-3H3,(H,33,35)/t18-,19-,22-/m0/s1. The quantitative estimate of drug-likeness (QED) is 0.229. The Hall–Kier alpha value is -3.40. The molecule has 3 heterocycles. The van der Waals surface area contributed by atoms with Gasteiger partial charge in [0.15, 0.2) is 5.65 Å². The van der Waals surface area contributed by atoms with Gasteiger partial charge >= 0.3 is 6.18 Å². The van der Waals surface area contributed by atoms with Crippen molar-refractivity contribution in [3.8, 4) is 11.1 Å². The lowest BCUT2D eigenvalue weighted by atomic mass is 9.71. The molecule has 2 aromatic heterocycles. The van der Waals surface area contributed by atoms with E-state index in [2.05, 4.69) is 39.6 Å². The minimum absolute atomic E-state index is 0.267. The maximum Gasteiger partial charge on any atom is 0.419 e. The van der Waals surface area contributed by atoms with Gasteiger partial charge in [-0.1, -0.05) is 19.9 Å². The normalized spacial score (nSPS) is 22.3. The second kappa shape index (κ2) is 11.0. The van der Waals surface area contributed by atoms with Gasteiger partial charge in [-0.15, -0.1) is 0 Å². The summed E-state index contributed by atoms with van der Waals surface area (Å²) in [4.78, 5) is 20.0. The van der Waals surface area contributed by atoms with Crippen LogP contribution in [0.1, 0.15) is 62.1 Å². The van der Waals surface area contributed by atoms with Crippen molar-refractivity contribution in [2.45, 2.75) is 58.2 Å². The molecule has 5 rings (SSSR count). The van der Waals surface area contributed by atoms with Crippen LogP contribution in [0.4, 0.5) is 18.9 Å². The molecule has 1 atom stereocenters. The molecule has 0 unspecified atom stereocenters. The molecule has 7 nitrogen and oxygen atoms in total. The van der Waals surface area contributed by atoms with Crippen molar-refractivity contribution < 1.29 is 13.2 Å². The molecule has 0 bridgehead atoms. The molecule has 1 aliphatic heterocycles. The number of aromatic nitrogens is 2. The number of rotatable bonds is 7. The van der Waals surface area contributed by atoms with Gasteiger partial charge in [0.2, 0.25) is 0 Å². The SMILES string of the molecule is CN/C=N\Nc1ccc(-c2cnc3c(C(F)(F)F)cc(CN4CCC[C@H](C)C4)cn3c2=O)cc1[C@H]1C[C@H](C)C1. The first-order valence-electron chi connectivity index (χ1n) is 13.6. The Morgan fingerprint density at radius 1 is 1.18 bits per heavy atom. The lowest BCUT2D eigenvalue weighted by molar-refractivity contribution is -0.136. The molecule has 10 heteroatoms. The van der Waals surface area contributed by atoms with Gasteiger partial charge in [0.05, 0.1) is 16.8 Å². The van der Waals surface area contributed by atoms with Crippen LogP contribution in [0.2, 0.25) is 0 Å². The number of nitrogens with zero attached hydrogens (tertiary/aromatic N) is 4. The number of anilines is 1. The molecule has 2 fully saturated rings. The van der Waals surface area contributed by atoms with E-state index < -0.39 is 17.3 Å². The Kier molecular flexibility index (Phi) is 7.66. The van der Waals surface area contributed by atoms with E-state index in [4.69, 9.17) is 0 Å². The predicted octanol–water partition coefficient (Wildman–Crippen LogP) is 5.70. The molecule has 0 amide bonds. The fourth-order valence-electron chi connectivity index (χ4n) is 5.92. The monoisotopic (exact) mass is 540 g/mol. The summed E-state index contributed by atoms with van der Waals surface area (Å²) in [6, 6.07) is 6.74. The number of hydrogen-bond acceptors (Lipinski definition) is 5. The fraction of sp³-hybridized carbons (Fsp3) is 0.483. The van der Waals surface area contributed by atoms with Crippen molar-refractivity contribution in [2.75, 3.05) is 25.6 Å². The van der Waals surface area contributed by atoms with Gasteiger partial charge in [0.1, 0.15) is 6.34 Å². The Morgan fingerprint density at radius 3 is 2.67 bits per heavy atom. The second-order valence-electron chi connectivity index (χ2n) is 11.1. The number of likely N-dealkylation sites (tertiary alicyclic amines) is 1. The molecule has 3 aromatic rings. The van der Waals surface area contributed by atoms with Crippen LogP contribution in [-0.2, 0) is 12.7 Å². The summed E-state index contributed by atoms with van der Waals surface area (Å²) in [5.74, 6) is 1.42. The zero-order chi connectivity index (χ0) is 27.7. The van der Waals surface area contributed by atoms with Gasteiger partial charge in [0, 0.05) is 32.5 Å². The Bertz CT molecular complexity index is 1430. The maximum absolute atomic E-state index is 14.1. The van der Waals surface area contributed by atoms with E-state index in [1.54, 1.807) is 19.5 Å². The number of hydrazone groups is 1. The van der Waals surface area contributed by atoms with Crippen molar-refractivity contribution >= 4 is 17.7 Å². The number of pyridine rings is 1. The van der Waals surface area contributed by atoms with Crippen molar-refractivity contribution in [1.29, 1.82) is 0 Å². The van der Waals surface area contributed by atoms with Gasteiger partial charge in [-0.3, -0.25) is 19.5 Å². The van der Waals surface area contributed by atoms with Crippen molar-refractivity contribution in [3.63, 3.8) is 0 Å². The smallest absolute Gasteiger partial charge is 0.378 e. The van der Waals surface area contributed by atoms with Crippen LogP contribution in [-0.4, -0.2) is 40.8 Å². The summed E-state index contributed by atoms with van der Waals surface area (Å²) >= 11 is 0. The van der Waals surface area contributed by atoms with E-state index >= 15 is 0 Å². The van der Waals surface area contributed by atoms with E-state index in [1.165, 1.54) is 12.4 Å². The number of nitrogens with one attached hydrogen (secondary N) is 2. The first-order valence-corrected chi connectivity index (χ1v) is 13.6. The molecule has 1 saturated carbocycles.